The van der Waals surface area contributed by atoms with E-state index in [1.54, 1.807) is 6.20 Å². The highest BCUT2D eigenvalue weighted by Gasteiger charge is 2.31. The normalized spacial score (nSPS) is 13.6. The number of para-hydroxylation sites is 1. The van der Waals surface area contributed by atoms with E-state index in [1.807, 2.05) is 24.3 Å². The van der Waals surface area contributed by atoms with E-state index in [0.717, 1.165) is 10.9 Å². The minimum atomic E-state index is -1.33. The molecule has 1 aromatic carbocycles. The first-order valence-corrected chi connectivity index (χ1v) is 14.2. The van der Waals surface area contributed by atoms with Gasteiger partial charge in [0.25, 0.3) is 0 Å². The lowest BCUT2D eigenvalue weighted by atomic mass is 10.0. The molecule has 0 aliphatic heterocycles. The molecule has 4 unspecified atom stereocenters. The number of carboxylic acid groups (broad SMARTS) is 1. The van der Waals surface area contributed by atoms with Crippen molar-refractivity contribution in [2.75, 3.05) is 6.54 Å². The Bertz CT molecular complexity index is 1500. The van der Waals surface area contributed by atoms with Crippen molar-refractivity contribution < 1.29 is 29.1 Å². The number of aromatic nitrogens is 3. The van der Waals surface area contributed by atoms with Crippen molar-refractivity contribution in [2.45, 2.75) is 62.7 Å². The van der Waals surface area contributed by atoms with Crippen LogP contribution in [0.2, 0.25) is 0 Å². The number of amides is 4. The van der Waals surface area contributed by atoms with Gasteiger partial charge in [0.05, 0.1) is 12.4 Å². The molecule has 2 heterocycles. The van der Waals surface area contributed by atoms with Crippen molar-refractivity contribution in [3.05, 3.63) is 54.2 Å². The van der Waals surface area contributed by atoms with Crippen LogP contribution < -0.4 is 38.9 Å². The summed E-state index contributed by atoms with van der Waals surface area (Å²) in [5.41, 5.74) is 23.8. The molecule has 17 nitrogen and oxygen atoms in total. The number of guanidine groups is 1. The van der Waals surface area contributed by atoms with Gasteiger partial charge in [-0.2, -0.15) is 0 Å². The Morgan fingerprint density at radius 3 is 2.24 bits per heavy atom. The number of carbonyl (C=O) groups is 5. The van der Waals surface area contributed by atoms with Gasteiger partial charge in [0.1, 0.15) is 18.1 Å². The molecular formula is C28H39N11O6. The highest BCUT2D eigenvalue weighted by molar-refractivity contribution is 5.94. The van der Waals surface area contributed by atoms with E-state index in [9.17, 15) is 29.1 Å². The number of aromatic amines is 2. The summed E-state index contributed by atoms with van der Waals surface area (Å²) in [6, 6.07) is 2.40. The van der Waals surface area contributed by atoms with Crippen LogP contribution in [0, 0.1) is 0 Å². The number of hydrogen-bond acceptors (Lipinski definition) is 8. The molecule has 0 bridgehead atoms. The topological polar surface area (TPSA) is 303 Å². The van der Waals surface area contributed by atoms with Gasteiger partial charge >= 0.3 is 5.97 Å². The highest BCUT2D eigenvalue weighted by atomic mass is 16.4. The van der Waals surface area contributed by atoms with Gasteiger partial charge in [-0.15, -0.1) is 0 Å². The first kappa shape index (κ1) is 34.0. The molecule has 0 aliphatic carbocycles. The number of fused-ring (bicyclic) bond motifs is 1. The number of H-pyrrole nitrogens is 2. The Kier molecular flexibility index (Phi) is 12.4. The summed E-state index contributed by atoms with van der Waals surface area (Å²) in [5.74, 6) is -4.36. The number of nitrogens with zero attached hydrogens (tertiary/aromatic N) is 2. The van der Waals surface area contributed by atoms with Gasteiger partial charge in [-0.05, 0) is 30.9 Å². The second-order valence-corrected chi connectivity index (χ2v) is 10.4. The van der Waals surface area contributed by atoms with Crippen molar-refractivity contribution in [3.8, 4) is 0 Å². The summed E-state index contributed by atoms with van der Waals surface area (Å²) in [6.45, 7) is 0.247. The monoisotopic (exact) mass is 625 g/mol. The van der Waals surface area contributed by atoms with Crippen molar-refractivity contribution in [3.63, 3.8) is 0 Å². The first-order chi connectivity index (χ1) is 21.4. The van der Waals surface area contributed by atoms with Crippen LogP contribution in [0.4, 0.5) is 0 Å². The summed E-state index contributed by atoms with van der Waals surface area (Å²) in [6.07, 6.45) is 4.55. The van der Waals surface area contributed by atoms with Crippen molar-refractivity contribution in [2.24, 2.45) is 27.9 Å². The van der Waals surface area contributed by atoms with Crippen LogP contribution in [0.5, 0.6) is 0 Å². The Labute approximate surface area is 258 Å². The van der Waals surface area contributed by atoms with Gasteiger partial charge in [0, 0.05) is 54.8 Å². The summed E-state index contributed by atoms with van der Waals surface area (Å²) < 4.78 is 0. The van der Waals surface area contributed by atoms with Gasteiger partial charge < -0.3 is 54.0 Å². The lowest BCUT2D eigenvalue weighted by Crippen LogP contribution is -2.58. The van der Waals surface area contributed by atoms with Crippen LogP contribution in [0.3, 0.4) is 0 Å². The fourth-order valence-electron chi connectivity index (χ4n) is 4.58. The first-order valence-electron chi connectivity index (χ1n) is 14.2. The predicted molar refractivity (Wildman–Crippen MR) is 164 cm³/mol. The van der Waals surface area contributed by atoms with E-state index in [-0.39, 0.29) is 44.6 Å². The molecule has 4 amide bonds. The molecule has 0 saturated heterocycles. The number of aliphatic carboxylic acids is 1. The lowest BCUT2D eigenvalue weighted by molar-refractivity contribution is -0.142. The minimum absolute atomic E-state index is 0.0336. The number of hydrogen-bond donors (Lipinski definition) is 10. The largest absolute Gasteiger partial charge is 0.480 e. The van der Waals surface area contributed by atoms with E-state index in [1.165, 1.54) is 12.5 Å². The number of aliphatic imine (C=N–C) groups is 1. The van der Waals surface area contributed by atoms with E-state index < -0.39 is 53.8 Å². The van der Waals surface area contributed by atoms with E-state index >= 15 is 0 Å². The van der Waals surface area contributed by atoms with Gasteiger partial charge in [0.2, 0.25) is 23.6 Å². The quantitative estimate of drug-likeness (QED) is 0.0415. The summed E-state index contributed by atoms with van der Waals surface area (Å²) in [7, 11) is 0. The second-order valence-electron chi connectivity index (χ2n) is 10.4. The number of carbonyl (C=O) groups excluding carboxylic acids is 4. The summed E-state index contributed by atoms with van der Waals surface area (Å²) >= 11 is 0. The van der Waals surface area contributed by atoms with Gasteiger partial charge in [-0.3, -0.25) is 24.2 Å². The predicted octanol–water partition coefficient (Wildman–Crippen LogP) is -2.14. The molecule has 4 atom stereocenters. The summed E-state index contributed by atoms with van der Waals surface area (Å²) in [4.78, 5) is 77.0. The third-order valence-corrected chi connectivity index (χ3v) is 6.94. The molecule has 3 rings (SSSR count). The van der Waals surface area contributed by atoms with Crippen molar-refractivity contribution in [1.82, 2.24) is 30.9 Å². The third-order valence-electron chi connectivity index (χ3n) is 6.94. The van der Waals surface area contributed by atoms with Crippen LogP contribution in [-0.2, 0) is 36.8 Å². The number of nitrogens with two attached hydrogens (primary N) is 4. The number of rotatable bonds is 18. The maximum absolute atomic E-state index is 13.5. The molecule has 0 aliphatic rings. The maximum atomic E-state index is 13.5. The molecule has 0 radical (unpaired) electrons. The molecular weight excluding hydrogens is 586 g/mol. The number of nitrogens with one attached hydrogen (secondary N) is 5. The molecule has 0 saturated carbocycles. The van der Waals surface area contributed by atoms with Crippen LogP contribution in [-0.4, -0.2) is 86.3 Å². The van der Waals surface area contributed by atoms with E-state index in [4.69, 9.17) is 22.9 Å². The van der Waals surface area contributed by atoms with Crippen LogP contribution in [0.25, 0.3) is 10.9 Å². The molecule has 2 aromatic heterocycles. The molecule has 14 N–H and O–H groups in total. The van der Waals surface area contributed by atoms with Gasteiger partial charge in [-0.1, -0.05) is 18.2 Å². The van der Waals surface area contributed by atoms with E-state index in [2.05, 4.69) is 35.9 Å². The zero-order valence-corrected chi connectivity index (χ0v) is 24.5. The molecule has 45 heavy (non-hydrogen) atoms. The number of carboxylic acids is 1. The van der Waals surface area contributed by atoms with Crippen LogP contribution >= 0.6 is 0 Å². The Morgan fingerprint density at radius 2 is 1.58 bits per heavy atom. The Balaban J connectivity index is 1.75. The molecule has 3 aromatic rings. The Hall–Kier alpha value is -5.45. The zero-order valence-electron chi connectivity index (χ0n) is 24.5. The highest BCUT2D eigenvalue weighted by Crippen LogP contribution is 2.19. The standard InChI is InChI=1S/C28H39N11O6/c29-18(5-3-9-34-28(31)32)24(41)37-20(7-8-23(30)40)25(42)38-21(11-16-13-33-14-36-16)26(43)39-22(27(44)45)10-15-12-35-19-6-2-1-4-17(15)19/h1-2,4,6,12-14,18,20-22,35H,3,5,7-11,29H2,(H2,30,40)(H,33,36)(H,37,41)(H,38,42)(H,39,43)(H,44,45)(H4,31,32,34). The molecule has 0 fully saturated rings. The summed E-state index contributed by atoms with van der Waals surface area (Å²) in [5, 5.41) is 18.3. The molecule has 0 spiro atoms. The van der Waals surface area contributed by atoms with Gasteiger partial charge in [-0.25, -0.2) is 9.78 Å². The molecule has 17 heteroatoms. The van der Waals surface area contributed by atoms with Crippen molar-refractivity contribution >= 4 is 46.5 Å². The third kappa shape index (κ3) is 10.6. The van der Waals surface area contributed by atoms with Gasteiger partial charge in [0.15, 0.2) is 5.96 Å². The smallest absolute Gasteiger partial charge is 0.326 e. The lowest BCUT2D eigenvalue weighted by Gasteiger charge is -2.25. The maximum Gasteiger partial charge on any atom is 0.326 e. The SMILES string of the molecule is NC(=O)CCC(NC(=O)C(N)CCCN=C(N)N)C(=O)NC(Cc1cnc[nH]1)C(=O)NC(Cc1c[nH]c2ccccc12)C(=O)O. The Morgan fingerprint density at radius 1 is 0.889 bits per heavy atom. The number of benzene rings is 1. The molecule has 242 valence electrons. The zero-order chi connectivity index (χ0) is 32.9. The van der Waals surface area contributed by atoms with E-state index in [0.29, 0.717) is 17.7 Å². The minimum Gasteiger partial charge on any atom is -0.480 e. The fourth-order valence-corrected chi connectivity index (χ4v) is 4.58. The second kappa shape index (κ2) is 16.4. The average molecular weight is 626 g/mol. The fraction of sp³-hybridized carbons (Fsp3) is 0.393. The van der Waals surface area contributed by atoms with Crippen LogP contribution in [0.15, 0.2) is 48.0 Å². The van der Waals surface area contributed by atoms with Crippen molar-refractivity contribution in [1.29, 1.82) is 0 Å². The van der Waals surface area contributed by atoms with Crippen LogP contribution in [0.1, 0.15) is 36.9 Å². The number of primary amides is 1. The average Bonchev–Trinajstić information content (AvgIpc) is 3.66. The number of imidazole rings is 1.